The van der Waals surface area contributed by atoms with Crippen LogP contribution in [-0.2, 0) is 24.0 Å². The van der Waals surface area contributed by atoms with Crippen molar-refractivity contribution in [3.05, 3.63) is 24.3 Å². The van der Waals surface area contributed by atoms with Gasteiger partial charge >= 0.3 is 12.1 Å². The van der Waals surface area contributed by atoms with Crippen molar-refractivity contribution in [2.75, 3.05) is 34.9 Å². The van der Waals surface area contributed by atoms with E-state index in [9.17, 15) is 14.4 Å². The fraction of sp³-hybridized carbons (Fsp3) is 0.710. The Morgan fingerprint density at radius 1 is 1.00 bits per heavy atom. The summed E-state index contributed by atoms with van der Waals surface area (Å²) >= 11 is 0. The fourth-order valence-corrected chi connectivity index (χ4v) is 3.09. The van der Waals surface area contributed by atoms with E-state index in [1.54, 1.807) is 67.8 Å². The summed E-state index contributed by atoms with van der Waals surface area (Å²) in [5, 5.41) is 27.5. The Kier molecular flexibility index (Phi) is 28.6. The maximum atomic E-state index is 11.5. The highest BCUT2D eigenvalue weighted by atomic mass is 16.7. The molecule has 0 unspecified atom stereocenters. The van der Waals surface area contributed by atoms with Crippen LogP contribution in [0.3, 0.4) is 0 Å². The first-order chi connectivity index (χ1) is 20.7. The van der Waals surface area contributed by atoms with Crippen LogP contribution in [0.5, 0.6) is 0 Å². The van der Waals surface area contributed by atoms with Crippen LogP contribution in [-0.4, -0.2) is 112 Å². The number of carboxylic acids is 1. The number of hydrogen-bond donors (Lipinski definition) is 4. The molecule has 46 heavy (non-hydrogen) atoms. The molecule has 4 N–H and O–H groups in total. The van der Waals surface area contributed by atoms with Gasteiger partial charge in [-0.3, -0.25) is 19.3 Å². The maximum Gasteiger partial charge on any atom is 0.408 e. The molecule has 1 aromatic carbocycles. The number of fused-ring (bicyclic) bond motifs is 1. The van der Waals surface area contributed by atoms with Gasteiger partial charge in [0, 0.05) is 26.2 Å². The molecule has 15 nitrogen and oxygen atoms in total. The minimum Gasteiger partial charge on any atom is -0.481 e. The zero-order valence-electron chi connectivity index (χ0n) is 29.9. The number of para-hydroxylation sites is 1. The van der Waals surface area contributed by atoms with E-state index in [-0.39, 0.29) is 19.3 Å². The standard InChI is InChI=1S/C10H20N2O4.C8H19N.C6H5N3O.C4H8O2.C2H7NO.CH4/c1-7(8(13)12(5)15-6)11-9(14)16-10(2,3)4;1-6-9(7(2)3)8(4)5;10-9-6-4-2-1-3-5(6)7-8-9;1-3(2)4(5)6;1-3-4-2;/h7H,1-6H3,(H,11,14);7-8H,6H2,1-5H3;1-4,10H;3H,1-2H3,(H,5,6);3H,1-2H3;1H4/t7-;;;;;/m0...../s1. The first-order valence-corrected chi connectivity index (χ1v) is 14.7. The van der Waals surface area contributed by atoms with Crippen LogP contribution in [0.1, 0.15) is 83.6 Å². The van der Waals surface area contributed by atoms with Gasteiger partial charge in [0.05, 0.1) is 20.1 Å². The van der Waals surface area contributed by atoms with Gasteiger partial charge in [-0.05, 0) is 79.3 Å². The number of benzene rings is 1. The molecule has 0 aliphatic carbocycles. The third-order valence-electron chi connectivity index (χ3n) is 5.41. The molecule has 0 bridgehead atoms. The number of carbonyl (C=O) groups is 3. The number of aliphatic carboxylic acids is 1. The first-order valence-electron chi connectivity index (χ1n) is 14.7. The number of alkyl carbamates (subject to hydrolysis) is 1. The fourth-order valence-electron chi connectivity index (χ4n) is 3.09. The zero-order valence-corrected chi connectivity index (χ0v) is 29.9. The molecule has 1 heterocycles. The summed E-state index contributed by atoms with van der Waals surface area (Å²) in [5.74, 6) is -1.33. The van der Waals surface area contributed by atoms with Crippen molar-refractivity contribution in [2.45, 2.75) is 107 Å². The Morgan fingerprint density at radius 2 is 1.46 bits per heavy atom. The lowest BCUT2D eigenvalue weighted by Crippen LogP contribution is -2.46. The van der Waals surface area contributed by atoms with E-state index >= 15 is 0 Å². The van der Waals surface area contributed by atoms with Crippen molar-refractivity contribution >= 4 is 29.0 Å². The number of hydroxylamine groups is 3. The second-order valence-electron chi connectivity index (χ2n) is 11.3. The van der Waals surface area contributed by atoms with E-state index in [1.807, 2.05) is 12.1 Å². The molecule has 0 saturated heterocycles. The van der Waals surface area contributed by atoms with Gasteiger partial charge in [-0.15, -0.1) is 5.10 Å². The van der Waals surface area contributed by atoms with Gasteiger partial charge in [-0.2, -0.15) is 0 Å². The zero-order chi connectivity index (χ0) is 35.9. The summed E-state index contributed by atoms with van der Waals surface area (Å²) < 4.78 is 5.01. The molecule has 0 saturated carbocycles. The average Bonchev–Trinajstić information content (AvgIpc) is 3.32. The predicted octanol–water partition coefficient (Wildman–Crippen LogP) is 4.84. The topological polar surface area (TPSA) is 181 Å². The predicted molar refractivity (Wildman–Crippen MR) is 181 cm³/mol. The molecule has 0 spiro atoms. The van der Waals surface area contributed by atoms with E-state index in [2.05, 4.69) is 65.5 Å². The van der Waals surface area contributed by atoms with Gasteiger partial charge in [0.2, 0.25) is 0 Å². The lowest BCUT2D eigenvalue weighted by molar-refractivity contribution is -0.170. The minimum atomic E-state index is -0.741. The van der Waals surface area contributed by atoms with Crippen LogP contribution < -0.4 is 10.8 Å². The monoisotopic (exact) mass is 661 g/mol. The lowest BCUT2D eigenvalue weighted by Gasteiger charge is -2.28. The van der Waals surface area contributed by atoms with Gasteiger partial charge in [0.25, 0.3) is 5.91 Å². The van der Waals surface area contributed by atoms with Gasteiger partial charge in [0.1, 0.15) is 22.7 Å². The third-order valence-corrected chi connectivity index (χ3v) is 5.41. The van der Waals surface area contributed by atoms with Crippen LogP contribution in [0.2, 0.25) is 0 Å². The van der Waals surface area contributed by atoms with E-state index in [0.717, 1.165) is 16.5 Å². The van der Waals surface area contributed by atoms with Gasteiger partial charge in [0.15, 0.2) is 0 Å². The molecule has 1 aromatic heterocycles. The molecule has 2 amide bonds. The number of carbonyl (C=O) groups excluding carboxylic acids is 2. The molecule has 2 aromatic rings. The molecular weight excluding hydrogens is 598 g/mol. The molecule has 2 rings (SSSR count). The van der Waals surface area contributed by atoms with E-state index < -0.39 is 23.7 Å². The van der Waals surface area contributed by atoms with Gasteiger partial charge in [-0.1, -0.05) is 45.2 Å². The SMILES string of the molecule is C.CC(C)C(=O)O.CCN(C(C)C)C(C)C.CNOC.CON(C)C(=O)[C@H](C)NC(=O)OC(C)(C)C.On1nnc2ccccc21. The average molecular weight is 662 g/mol. The molecule has 0 radical (unpaired) electrons. The highest BCUT2D eigenvalue weighted by molar-refractivity contribution is 5.84. The Balaban J connectivity index is -0.000000256. The number of ether oxygens (including phenoxy) is 1. The number of carboxylic acid groups (broad SMARTS) is 1. The number of aromatic nitrogens is 3. The Labute approximate surface area is 276 Å². The minimum absolute atomic E-state index is 0. The Hall–Kier alpha value is -3.53. The summed E-state index contributed by atoms with van der Waals surface area (Å²) in [6.07, 6.45) is -0.627. The largest absolute Gasteiger partial charge is 0.481 e. The maximum absolute atomic E-state index is 11.5. The van der Waals surface area contributed by atoms with Gasteiger partial charge < -0.3 is 25.2 Å². The van der Waals surface area contributed by atoms with Crippen LogP contribution in [0.15, 0.2) is 24.3 Å². The van der Waals surface area contributed by atoms with Gasteiger partial charge in [-0.25, -0.2) is 15.3 Å². The smallest absolute Gasteiger partial charge is 0.408 e. The molecule has 1 atom stereocenters. The summed E-state index contributed by atoms with van der Waals surface area (Å²) in [7, 11) is 6.12. The highest BCUT2D eigenvalue weighted by Gasteiger charge is 2.23. The van der Waals surface area contributed by atoms with Crippen LogP contribution >= 0.6 is 0 Å². The molecule has 15 heteroatoms. The Bertz CT molecular complexity index is 1060. The summed E-state index contributed by atoms with van der Waals surface area (Å²) in [5.41, 5.74) is 3.17. The van der Waals surface area contributed by atoms with Crippen molar-refractivity contribution < 1.29 is 39.1 Å². The van der Waals surface area contributed by atoms with Crippen molar-refractivity contribution in [3.63, 3.8) is 0 Å². The van der Waals surface area contributed by atoms with E-state index in [1.165, 1.54) is 14.2 Å². The summed E-state index contributed by atoms with van der Waals surface area (Å²) in [6, 6.07) is 7.88. The number of rotatable bonds is 8. The normalized spacial score (nSPS) is 10.9. The van der Waals surface area contributed by atoms with E-state index in [4.69, 9.17) is 19.9 Å². The quantitative estimate of drug-likeness (QED) is 0.224. The number of likely N-dealkylation sites (N-methyl/N-ethyl adjacent to an activating group) is 1. The highest BCUT2D eigenvalue weighted by Crippen LogP contribution is 2.08. The van der Waals surface area contributed by atoms with Crippen molar-refractivity contribution in [1.29, 1.82) is 0 Å². The van der Waals surface area contributed by atoms with Crippen molar-refractivity contribution in [1.82, 2.24) is 35.9 Å². The lowest BCUT2D eigenvalue weighted by atomic mass is 10.2. The summed E-state index contributed by atoms with van der Waals surface area (Å²) in [4.78, 5) is 44.8. The first kappa shape index (κ1) is 49.4. The molecule has 270 valence electrons. The second-order valence-corrected chi connectivity index (χ2v) is 11.3. The number of nitrogens with one attached hydrogen (secondary N) is 2. The van der Waals surface area contributed by atoms with Crippen molar-refractivity contribution in [2.24, 2.45) is 5.92 Å². The van der Waals surface area contributed by atoms with Crippen molar-refractivity contribution in [3.8, 4) is 0 Å². The van der Waals surface area contributed by atoms with Crippen LogP contribution in [0.4, 0.5) is 4.79 Å². The number of hydrogen-bond acceptors (Lipinski definition) is 11. The van der Waals surface area contributed by atoms with Crippen LogP contribution in [0.25, 0.3) is 11.0 Å². The molecule has 0 aliphatic rings. The van der Waals surface area contributed by atoms with Crippen LogP contribution in [0, 0.1) is 5.92 Å². The molecule has 0 aliphatic heterocycles. The summed E-state index contributed by atoms with van der Waals surface area (Å²) in [6.45, 7) is 22.4. The van der Waals surface area contributed by atoms with E-state index in [0.29, 0.717) is 23.1 Å². The molecular formula is C31H63N7O8. The molecule has 0 fully saturated rings. The third kappa shape index (κ3) is 24.8. The number of amides is 2. The second kappa shape index (κ2) is 26.7. The number of nitrogens with zero attached hydrogens (tertiary/aromatic N) is 5. The Morgan fingerprint density at radius 3 is 1.76 bits per heavy atom.